The van der Waals surface area contributed by atoms with E-state index in [9.17, 15) is 4.79 Å². The Hall–Kier alpha value is -2.24. The van der Waals surface area contributed by atoms with Gasteiger partial charge < -0.3 is 21.0 Å². The first kappa shape index (κ1) is 16.8. The second-order valence-corrected chi connectivity index (χ2v) is 4.91. The number of amides is 1. The molecule has 1 rings (SSSR count). The number of nitrogens with one attached hydrogen (secondary N) is 1. The summed E-state index contributed by atoms with van der Waals surface area (Å²) in [5.41, 5.74) is 6.04. The zero-order chi connectivity index (χ0) is 15.7. The van der Waals surface area contributed by atoms with Crippen LogP contribution >= 0.6 is 0 Å². The number of nitrogens with zero attached hydrogens (tertiary/aromatic N) is 1. The minimum atomic E-state index is -0.140. The van der Waals surface area contributed by atoms with Crippen molar-refractivity contribution < 1.29 is 14.7 Å². The lowest BCUT2D eigenvalue weighted by Gasteiger charge is -2.13. The van der Waals surface area contributed by atoms with E-state index in [0.717, 1.165) is 19.3 Å². The molecule has 0 fully saturated rings. The van der Waals surface area contributed by atoms with Crippen molar-refractivity contribution in [3.8, 4) is 5.75 Å². The largest absolute Gasteiger partial charge is 0.484 e. The van der Waals surface area contributed by atoms with Crippen molar-refractivity contribution in [1.82, 2.24) is 5.32 Å². The third-order valence-electron chi connectivity index (χ3n) is 3.03. The summed E-state index contributed by atoms with van der Waals surface area (Å²) in [6, 6.07) is 6.81. The van der Waals surface area contributed by atoms with Gasteiger partial charge in [0, 0.05) is 11.6 Å². The molecule has 0 aromatic heterocycles. The highest BCUT2D eigenvalue weighted by Gasteiger charge is 2.08. The maximum Gasteiger partial charge on any atom is 0.258 e. The zero-order valence-electron chi connectivity index (χ0n) is 12.5. The third kappa shape index (κ3) is 6.16. The van der Waals surface area contributed by atoms with E-state index in [4.69, 9.17) is 15.7 Å². The standard InChI is InChI=1S/C15H23N3O3/c1-3-4-5-11(2)17-14(19)10-21-13-8-6-12(7-9-13)15(16)18-20/h6-9,11,20H,3-5,10H2,1-2H3,(H2,16,18)(H,17,19). The molecule has 116 valence electrons. The van der Waals surface area contributed by atoms with Crippen LogP contribution in [-0.2, 0) is 4.79 Å². The zero-order valence-corrected chi connectivity index (χ0v) is 12.5. The Morgan fingerprint density at radius 1 is 1.43 bits per heavy atom. The molecule has 0 radical (unpaired) electrons. The van der Waals surface area contributed by atoms with Crippen molar-refractivity contribution in [3.05, 3.63) is 29.8 Å². The Bertz CT molecular complexity index is 472. The van der Waals surface area contributed by atoms with Crippen LogP contribution in [-0.4, -0.2) is 29.6 Å². The summed E-state index contributed by atoms with van der Waals surface area (Å²) in [6.45, 7) is 4.08. The molecule has 1 unspecified atom stereocenters. The molecule has 1 atom stereocenters. The van der Waals surface area contributed by atoms with Gasteiger partial charge in [0.25, 0.3) is 5.91 Å². The maximum atomic E-state index is 11.7. The van der Waals surface area contributed by atoms with E-state index in [0.29, 0.717) is 11.3 Å². The number of unbranched alkanes of at least 4 members (excludes halogenated alkanes) is 1. The Labute approximate surface area is 125 Å². The van der Waals surface area contributed by atoms with Crippen molar-refractivity contribution in [1.29, 1.82) is 0 Å². The fraction of sp³-hybridized carbons (Fsp3) is 0.467. The fourth-order valence-electron chi connectivity index (χ4n) is 1.83. The number of ether oxygens (including phenoxy) is 1. The molecule has 4 N–H and O–H groups in total. The van der Waals surface area contributed by atoms with Crippen molar-refractivity contribution in [2.75, 3.05) is 6.61 Å². The first-order valence-corrected chi connectivity index (χ1v) is 7.07. The minimum absolute atomic E-state index is 0.0284. The van der Waals surface area contributed by atoms with Crippen molar-refractivity contribution in [3.63, 3.8) is 0 Å². The van der Waals surface area contributed by atoms with E-state index in [-0.39, 0.29) is 24.4 Å². The number of carbonyl (C=O) groups is 1. The summed E-state index contributed by atoms with van der Waals surface area (Å²) >= 11 is 0. The molecule has 0 heterocycles. The highest BCUT2D eigenvalue weighted by atomic mass is 16.5. The summed E-state index contributed by atoms with van der Waals surface area (Å²) in [6.07, 6.45) is 3.18. The lowest BCUT2D eigenvalue weighted by molar-refractivity contribution is -0.123. The molecule has 6 nitrogen and oxygen atoms in total. The Morgan fingerprint density at radius 3 is 2.67 bits per heavy atom. The molecule has 0 bridgehead atoms. The van der Waals surface area contributed by atoms with Gasteiger partial charge >= 0.3 is 0 Å². The summed E-state index contributed by atoms with van der Waals surface area (Å²) < 4.78 is 5.39. The van der Waals surface area contributed by atoms with Crippen molar-refractivity contribution in [2.24, 2.45) is 10.9 Å². The van der Waals surface area contributed by atoms with Crippen molar-refractivity contribution >= 4 is 11.7 Å². The Balaban J connectivity index is 2.39. The molecule has 0 aliphatic heterocycles. The summed E-state index contributed by atoms with van der Waals surface area (Å²) in [5, 5.41) is 14.4. The number of nitrogens with two attached hydrogens (primary N) is 1. The average molecular weight is 293 g/mol. The third-order valence-corrected chi connectivity index (χ3v) is 3.03. The monoisotopic (exact) mass is 293 g/mol. The number of amidine groups is 1. The molecule has 0 saturated heterocycles. The van der Waals surface area contributed by atoms with Gasteiger partial charge in [-0.25, -0.2) is 0 Å². The molecule has 1 aromatic carbocycles. The number of hydrogen-bond acceptors (Lipinski definition) is 4. The van der Waals surface area contributed by atoms with Gasteiger partial charge in [-0.05, 0) is 37.6 Å². The second-order valence-electron chi connectivity index (χ2n) is 4.91. The van der Waals surface area contributed by atoms with Crippen molar-refractivity contribution in [2.45, 2.75) is 39.2 Å². The van der Waals surface area contributed by atoms with E-state index in [1.807, 2.05) is 6.92 Å². The lowest BCUT2D eigenvalue weighted by Crippen LogP contribution is -2.36. The molecular formula is C15H23N3O3. The summed E-state index contributed by atoms with van der Waals surface area (Å²) in [4.78, 5) is 11.7. The predicted molar refractivity (Wildman–Crippen MR) is 81.6 cm³/mol. The molecule has 21 heavy (non-hydrogen) atoms. The first-order chi connectivity index (χ1) is 10.1. The number of oxime groups is 1. The van der Waals surface area contributed by atoms with Crippen LogP contribution in [0.2, 0.25) is 0 Å². The van der Waals surface area contributed by atoms with E-state index < -0.39 is 0 Å². The van der Waals surface area contributed by atoms with Crippen LogP contribution in [0.3, 0.4) is 0 Å². The Morgan fingerprint density at radius 2 is 2.10 bits per heavy atom. The predicted octanol–water partition coefficient (Wildman–Crippen LogP) is 1.85. The van der Waals surface area contributed by atoms with E-state index in [2.05, 4.69) is 17.4 Å². The average Bonchev–Trinajstić information content (AvgIpc) is 2.50. The van der Waals surface area contributed by atoms with E-state index in [1.54, 1.807) is 24.3 Å². The molecule has 0 saturated carbocycles. The number of hydrogen-bond donors (Lipinski definition) is 3. The van der Waals surface area contributed by atoms with Crippen LogP contribution in [0.25, 0.3) is 0 Å². The highest BCUT2D eigenvalue weighted by Crippen LogP contribution is 2.12. The van der Waals surface area contributed by atoms with Gasteiger partial charge in [-0.1, -0.05) is 24.9 Å². The first-order valence-electron chi connectivity index (χ1n) is 7.07. The van der Waals surface area contributed by atoms with Gasteiger partial charge in [0.2, 0.25) is 0 Å². The fourth-order valence-corrected chi connectivity index (χ4v) is 1.83. The van der Waals surface area contributed by atoms with Gasteiger partial charge in [-0.3, -0.25) is 4.79 Å². The summed E-state index contributed by atoms with van der Waals surface area (Å²) in [7, 11) is 0. The maximum absolute atomic E-state index is 11.7. The van der Waals surface area contributed by atoms with Crippen LogP contribution in [0.15, 0.2) is 29.4 Å². The minimum Gasteiger partial charge on any atom is -0.484 e. The molecule has 0 aliphatic carbocycles. The van der Waals surface area contributed by atoms with Crippen LogP contribution in [0, 0.1) is 0 Å². The van der Waals surface area contributed by atoms with E-state index in [1.165, 1.54) is 0 Å². The molecule has 1 amide bonds. The smallest absolute Gasteiger partial charge is 0.258 e. The SMILES string of the molecule is CCCCC(C)NC(=O)COc1ccc(C(N)=NO)cc1. The normalized spacial score (nSPS) is 12.8. The van der Waals surface area contributed by atoms with Gasteiger partial charge in [0.15, 0.2) is 12.4 Å². The lowest BCUT2D eigenvalue weighted by atomic mass is 10.1. The quantitative estimate of drug-likeness (QED) is 0.295. The van der Waals surface area contributed by atoms with Gasteiger partial charge in [0.05, 0.1) is 0 Å². The Kier molecular flexibility index (Phi) is 7.08. The highest BCUT2D eigenvalue weighted by molar-refractivity contribution is 5.97. The number of benzene rings is 1. The number of carbonyl (C=O) groups excluding carboxylic acids is 1. The summed E-state index contributed by atoms with van der Waals surface area (Å²) in [5.74, 6) is 0.448. The molecule has 0 spiro atoms. The molecule has 0 aliphatic rings. The topological polar surface area (TPSA) is 96.9 Å². The van der Waals surface area contributed by atoms with Gasteiger partial charge in [-0.15, -0.1) is 0 Å². The van der Waals surface area contributed by atoms with Crippen LogP contribution < -0.4 is 15.8 Å². The van der Waals surface area contributed by atoms with Crippen LogP contribution in [0.4, 0.5) is 0 Å². The second kappa shape index (κ2) is 8.84. The van der Waals surface area contributed by atoms with Gasteiger partial charge in [0.1, 0.15) is 5.75 Å². The molecular weight excluding hydrogens is 270 g/mol. The van der Waals surface area contributed by atoms with Gasteiger partial charge in [-0.2, -0.15) is 0 Å². The van der Waals surface area contributed by atoms with E-state index >= 15 is 0 Å². The molecule has 1 aromatic rings. The number of rotatable bonds is 8. The van der Waals surface area contributed by atoms with Crippen LogP contribution in [0.1, 0.15) is 38.7 Å². The van der Waals surface area contributed by atoms with Crippen LogP contribution in [0.5, 0.6) is 5.75 Å². The molecule has 6 heteroatoms.